The van der Waals surface area contributed by atoms with E-state index in [2.05, 4.69) is 15.3 Å². The highest BCUT2D eigenvalue weighted by molar-refractivity contribution is 7.16. The highest BCUT2D eigenvalue weighted by atomic mass is 32.1. The number of nitrogens with one attached hydrogen (secondary N) is 1. The predicted molar refractivity (Wildman–Crippen MR) is 65.0 cm³/mol. The molecule has 0 aromatic carbocycles. The van der Waals surface area contributed by atoms with Crippen LogP contribution in [0.15, 0.2) is 10.8 Å². The lowest BCUT2D eigenvalue weighted by atomic mass is 10.3. The molecule has 15 heavy (non-hydrogen) atoms. The van der Waals surface area contributed by atoms with Crippen LogP contribution in [-0.2, 0) is 6.42 Å². The molecule has 0 unspecified atom stereocenters. The maximum Gasteiger partial charge on any atom is 0.189 e. The van der Waals surface area contributed by atoms with Crippen molar-refractivity contribution in [3.63, 3.8) is 0 Å². The number of hydrogen-bond donors (Lipinski definition) is 2. The zero-order valence-electron chi connectivity index (χ0n) is 8.36. The minimum atomic E-state index is 0.638. The van der Waals surface area contributed by atoms with Crippen LogP contribution >= 0.6 is 22.7 Å². The summed E-state index contributed by atoms with van der Waals surface area (Å²) >= 11 is 3.17. The first-order valence-electron chi connectivity index (χ1n) is 4.61. The zero-order chi connectivity index (χ0) is 10.7. The van der Waals surface area contributed by atoms with Crippen molar-refractivity contribution in [2.45, 2.75) is 13.3 Å². The summed E-state index contributed by atoms with van der Waals surface area (Å²) in [5.74, 6) is 0. The minimum Gasteiger partial charge on any atom is -0.330 e. The molecule has 0 spiro atoms. The Hall–Kier alpha value is -0.980. The summed E-state index contributed by atoms with van der Waals surface area (Å²) in [5, 5.41) is 8.98. The van der Waals surface area contributed by atoms with Crippen molar-refractivity contribution in [1.82, 2.24) is 9.97 Å². The molecule has 0 radical (unpaired) electrons. The molecule has 0 amide bonds. The first-order valence-corrected chi connectivity index (χ1v) is 6.37. The van der Waals surface area contributed by atoms with Crippen LogP contribution in [0.1, 0.15) is 11.4 Å². The number of aryl methyl sites for hydroxylation is 1. The maximum atomic E-state index is 5.46. The lowest BCUT2D eigenvalue weighted by Gasteiger charge is -1.95. The summed E-state index contributed by atoms with van der Waals surface area (Å²) in [7, 11) is 0. The Morgan fingerprint density at radius 1 is 1.27 bits per heavy atom. The van der Waals surface area contributed by atoms with E-state index in [0.29, 0.717) is 6.54 Å². The molecule has 0 saturated carbocycles. The fraction of sp³-hybridized carbons (Fsp3) is 0.333. The van der Waals surface area contributed by atoms with Crippen LogP contribution in [0, 0.1) is 6.92 Å². The Balaban J connectivity index is 2.04. The maximum absolute atomic E-state index is 5.46. The molecule has 0 fully saturated rings. The zero-order valence-corrected chi connectivity index (χ0v) is 9.99. The molecule has 2 aromatic rings. The van der Waals surface area contributed by atoms with Gasteiger partial charge in [-0.05, 0) is 13.5 Å². The molecule has 6 heteroatoms. The van der Waals surface area contributed by atoms with E-state index in [1.54, 1.807) is 22.7 Å². The molecule has 0 aliphatic heterocycles. The van der Waals surface area contributed by atoms with Gasteiger partial charge < -0.3 is 11.1 Å². The lowest BCUT2D eigenvalue weighted by Crippen LogP contribution is -2.02. The van der Waals surface area contributed by atoms with Crippen LogP contribution in [0.5, 0.6) is 0 Å². The smallest absolute Gasteiger partial charge is 0.189 e. The molecule has 0 atom stereocenters. The molecular weight excluding hydrogens is 228 g/mol. The van der Waals surface area contributed by atoms with Gasteiger partial charge in [-0.25, -0.2) is 9.97 Å². The van der Waals surface area contributed by atoms with Gasteiger partial charge in [0, 0.05) is 17.2 Å². The van der Waals surface area contributed by atoms with Gasteiger partial charge in [0.25, 0.3) is 0 Å². The molecule has 0 saturated heterocycles. The molecule has 0 aliphatic rings. The largest absolute Gasteiger partial charge is 0.330 e. The number of nitrogens with zero attached hydrogens (tertiary/aromatic N) is 2. The second kappa shape index (κ2) is 4.69. The van der Waals surface area contributed by atoms with Gasteiger partial charge >= 0.3 is 0 Å². The summed E-state index contributed by atoms with van der Waals surface area (Å²) in [6, 6.07) is 0. The van der Waals surface area contributed by atoms with E-state index in [4.69, 9.17) is 5.73 Å². The predicted octanol–water partition coefficient (Wildman–Crippen LogP) is 2.15. The van der Waals surface area contributed by atoms with E-state index in [-0.39, 0.29) is 0 Å². The topological polar surface area (TPSA) is 63.8 Å². The average molecular weight is 240 g/mol. The van der Waals surface area contributed by atoms with E-state index in [1.807, 2.05) is 17.7 Å². The highest BCUT2D eigenvalue weighted by Crippen LogP contribution is 2.23. The van der Waals surface area contributed by atoms with E-state index in [0.717, 1.165) is 28.1 Å². The lowest BCUT2D eigenvalue weighted by molar-refractivity contribution is 0.936. The Morgan fingerprint density at radius 3 is 2.67 bits per heavy atom. The molecule has 0 aliphatic carbocycles. The van der Waals surface area contributed by atoms with Gasteiger partial charge in [0.15, 0.2) is 10.3 Å². The summed E-state index contributed by atoms with van der Waals surface area (Å²) < 4.78 is 0. The summed E-state index contributed by atoms with van der Waals surface area (Å²) in [6.45, 7) is 2.61. The number of thiazole rings is 2. The monoisotopic (exact) mass is 240 g/mol. The SMILES string of the molecule is Cc1csc(Nc2nc(CCN)cs2)n1. The van der Waals surface area contributed by atoms with Gasteiger partial charge in [0.2, 0.25) is 0 Å². The fourth-order valence-electron chi connectivity index (χ4n) is 1.13. The van der Waals surface area contributed by atoms with Crippen molar-refractivity contribution in [1.29, 1.82) is 0 Å². The molecule has 2 heterocycles. The van der Waals surface area contributed by atoms with Gasteiger partial charge in [-0.15, -0.1) is 22.7 Å². The molecule has 4 nitrogen and oxygen atoms in total. The number of aromatic nitrogens is 2. The third kappa shape index (κ3) is 2.74. The first-order chi connectivity index (χ1) is 7.28. The van der Waals surface area contributed by atoms with Crippen molar-refractivity contribution < 1.29 is 0 Å². The van der Waals surface area contributed by atoms with Gasteiger partial charge in [-0.3, -0.25) is 0 Å². The molecule has 3 N–H and O–H groups in total. The standard InChI is InChI=1S/C9H12N4S2/c1-6-4-14-8(11-6)13-9-12-7(2-3-10)5-15-9/h4-5H,2-3,10H2,1H3,(H,11,12,13). The van der Waals surface area contributed by atoms with E-state index < -0.39 is 0 Å². The van der Waals surface area contributed by atoms with Crippen LogP contribution in [0.25, 0.3) is 0 Å². The van der Waals surface area contributed by atoms with Crippen molar-refractivity contribution in [3.8, 4) is 0 Å². The van der Waals surface area contributed by atoms with Crippen molar-refractivity contribution in [2.75, 3.05) is 11.9 Å². The van der Waals surface area contributed by atoms with Crippen LogP contribution < -0.4 is 11.1 Å². The fourth-order valence-corrected chi connectivity index (χ4v) is 2.63. The Labute approximate surface area is 96.2 Å². The average Bonchev–Trinajstić information content (AvgIpc) is 2.78. The number of rotatable bonds is 4. The third-order valence-corrected chi connectivity index (χ3v) is 3.47. The van der Waals surface area contributed by atoms with Crippen molar-refractivity contribution in [3.05, 3.63) is 22.1 Å². The molecule has 2 rings (SSSR count). The molecule has 80 valence electrons. The Kier molecular flexibility index (Phi) is 3.30. The van der Waals surface area contributed by atoms with Crippen LogP contribution in [0.3, 0.4) is 0 Å². The second-order valence-corrected chi connectivity index (χ2v) is 4.82. The van der Waals surface area contributed by atoms with Crippen molar-refractivity contribution >= 4 is 32.9 Å². The van der Waals surface area contributed by atoms with Gasteiger partial charge in [-0.2, -0.15) is 0 Å². The Bertz CT molecular complexity index is 435. The van der Waals surface area contributed by atoms with Gasteiger partial charge in [0.05, 0.1) is 11.4 Å². The number of anilines is 2. The van der Waals surface area contributed by atoms with E-state index >= 15 is 0 Å². The van der Waals surface area contributed by atoms with Crippen molar-refractivity contribution in [2.24, 2.45) is 5.73 Å². The summed E-state index contributed by atoms with van der Waals surface area (Å²) in [6.07, 6.45) is 0.828. The molecule has 2 aromatic heterocycles. The van der Waals surface area contributed by atoms with E-state index in [9.17, 15) is 0 Å². The molecular formula is C9H12N4S2. The van der Waals surface area contributed by atoms with Crippen LogP contribution in [-0.4, -0.2) is 16.5 Å². The van der Waals surface area contributed by atoms with Crippen LogP contribution in [0.4, 0.5) is 10.3 Å². The summed E-state index contributed by atoms with van der Waals surface area (Å²) in [5.41, 5.74) is 7.53. The minimum absolute atomic E-state index is 0.638. The highest BCUT2D eigenvalue weighted by Gasteiger charge is 2.03. The second-order valence-electron chi connectivity index (χ2n) is 3.10. The number of hydrogen-bond acceptors (Lipinski definition) is 6. The summed E-state index contributed by atoms with van der Waals surface area (Å²) in [4.78, 5) is 8.71. The van der Waals surface area contributed by atoms with Gasteiger partial charge in [-0.1, -0.05) is 0 Å². The quantitative estimate of drug-likeness (QED) is 0.859. The van der Waals surface area contributed by atoms with Crippen LogP contribution in [0.2, 0.25) is 0 Å². The Morgan fingerprint density at radius 2 is 2.00 bits per heavy atom. The van der Waals surface area contributed by atoms with Gasteiger partial charge in [0.1, 0.15) is 0 Å². The molecule has 0 bridgehead atoms. The first kappa shape index (κ1) is 10.5. The normalized spacial score (nSPS) is 10.5. The third-order valence-electron chi connectivity index (χ3n) is 1.79. The van der Waals surface area contributed by atoms with E-state index in [1.165, 1.54) is 0 Å². The number of nitrogens with two attached hydrogens (primary N) is 1.